The lowest BCUT2D eigenvalue weighted by molar-refractivity contribution is 0.0690. The lowest BCUT2D eigenvalue weighted by Crippen LogP contribution is -2.15. The highest BCUT2D eigenvalue weighted by Gasteiger charge is 2.09. The maximum Gasteiger partial charge on any atom is 0.356 e. The van der Waals surface area contributed by atoms with Crippen LogP contribution in [0.3, 0.4) is 0 Å². The summed E-state index contributed by atoms with van der Waals surface area (Å²) >= 11 is 0. The number of carboxylic acids is 1. The van der Waals surface area contributed by atoms with Crippen molar-refractivity contribution in [3.8, 4) is 11.5 Å². The van der Waals surface area contributed by atoms with Crippen LogP contribution in [0.4, 0.5) is 5.82 Å². The summed E-state index contributed by atoms with van der Waals surface area (Å²) in [5.74, 6) is 1.23. The summed E-state index contributed by atoms with van der Waals surface area (Å²) in [5, 5.41) is 12.0. The van der Waals surface area contributed by atoms with Crippen LogP contribution in [0.15, 0.2) is 30.6 Å². The van der Waals surface area contributed by atoms with Crippen LogP contribution in [0.1, 0.15) is 23.0 Å². The molecule has 0 radical (unpaired) electrons. The molecule has 7 heteroatoms. The summed E-state index contributed by atoms with van der Waals surface area (Å²) in [6, 6.07) is 5.88. The Morgan fingerprint density at radius 1 is 1.21 bits per heavy atom. The number of nitrogens with zero attached hydrogens (tertiary/aromatic N) is 2. The third-order valence-corrected chi connectivity index (χ3v) is 3.53. The van der Waals surface area contributed by atoms with E-state index in [0.717, 1.165) is 12.0 Å². The van der Waals surface area contributed by atoms with Crippen LogP contribution in [0, 0.1) is 5.92 Å². The van der Waals surface area contributed by atoms with E-state index < -0.39 is 5.97 Å². The number of carboxylic acid groups (broad SMARTS) is 1. The second kappa shape index (κ2) is 8.14. The van der Waals surface area contributed by atoms with Gasteiger partial charge in [0.2, 0.25) is 0 Å². The SMILES string of the molecule is COc1ccc(CC(C)CNc2cnc(C(=O)O)cn2)cc1OC. The number of ether oxygens (including phenoxy) is 2. The molecule has 0 aliphatic rings. The summed E-state index contributed by atoms with van der Waals surface area (Å²) in [7, 11) is 3.23. The van der Waals surface area contributed by atoms with Crippen LogP contribution < -0.4 is 14.8 Å². The van der Waals surface area contributed by atoms with Crippen molar-refractivity contribution < 1.29 is 19.4 Å². The Morgan fingerprint density at radius 2 is 1.96 bits per heavy atom. The van der Waals surface area contributed by atoms with Crippen molar-refractivity contribution >= 4 is 11.8 Å². The van der Waals surface area contributed by atoms with Gasteiger partial charge in [0.25, 0.3) is 0 Å². The van der Waals surface area contributed by atoms with Gasteiger partial charge in [-0.2, -0.15) is 0 Å². The Kier molecular flexibility index (Phi) is 5.95. The zero-order valence-corrected chi connectivity index (χ0v) is 13.9. The number of nitrogens with one attached hydrogen (secondary N) is 1. The molecule has 1 heterocycles. The molecular formula is C17H21N3O4. The third-order valence-electron chi connectivity index (χ3n) is 3.53. The fraction of sp³-hybridized carbons (Fsp3) is 0.353. The van der Waals surface area contributed by atoms with Crippen molar-refractivity contribution in [2.75, 3.05) is 26.1 Å². The minimum Gasteiger partial charge on any atom is -0.493 e. The number of hydrogen-bond acceptors (Lipinski definition) is 6. The zero-order chi connectivity index (χ0) is 17.5. The maximum absolute atomic E-state index is 10.7. The molecule has 0 amide bonds. The second-order valence-corrected chi connectivity index (χ2v) is 5.47. The number of aromatic nitrogens is 2. The number of benzene rings is 1. The van der Waals surface area contributed by atoms with Crippen molar-refractivity contribution in [1.29, 1.82) is 0 Å². The Hall–Kier alpha value is -2.83. The minimum atomic E-state index is -1.09. The van der Waals surface area contributed by atoms with E-state index in [-0.39, 0.29) is 5.69 Å². The molecule has 128 valence electrons. The number of hydrogen-bond donors (Lipinski definition) is 2. The summed E-state index contributed by atoms with van der Waals surface area (Å²) in [5.41, 5.74) is 1.08. The van der Waals surface area contributed by atoms with Crippen LogP contribution >= 0.6 is 0 Å². The predicted molar refractivity (Wildman–Crippen MR) is 89.9 cm³/mol. The van der Waals surface area contributed by atoms with Crippen LogP contribution in [0.2, 0.25) is 0 Å². The van der Waals surface area contributed by atoms with Crippen molar-refractivity contribution in [1.82, 2.24) is 9.97 Å². The quantitative estimate of drug-likeness (QED) is 0.767. The van der Waals surface area contributed by atoms with Gasteiger partial charge in [0.05, 0.1) is 26.6 Å². The molecule has 24 heavy (non-hydrogen) atoms. The van der Waals surface area contributed by atoms with Gasteiger partial charge in [-0.15, -0.1) is 0 Å². The van der Waals surface area contributed by atoms with Gasteiger partial charge < -0.3 is 19.9 Å². The first-order valence-corrected chi connectivity index (χ1v) is 7.53. The van der Waals surface area contributed by atoms with Gasteiger partial charge >= 0.3 is 5.97 Å². The van der Waals surface area contributed by atoms with Crippen molar-refractivity contribution in [2.45, 2.75) is 13.3 Å². The van der Waals surface area contributed by atoms with Crippen molar-refractivity contribution in [3.63, 3.8) is 0 Å². The molecule has 0 saturated carbocycles. The molecule has 0 aliphatic heterocycles. The highest BCUT2D eigenvalue weighted by molar-refractivity contribution is 5.84. The molecule has 0 bridgehead atoms. The van der Waals surface area contributed by atoms with E-state index in [2.05, 4.69) is 22.2 Å². The van der Waals surface area contributed by atoms with E-state index in [9.17, 15) is 4.79 Å². The summed E-state index contributed by atoms with van der Waals surface area (Å²) in [6.07, 6.45) is 3.52. The van der Waals surface area contributed by atoms with E-state index in [4.69, 9.17) is 14.6 Å². The van der Waals surface area contributed by atoms with Gasteiger partial charge in [-0.05, 0) is 30.0 Å². The van der Waals surface area contributed by atoms with Gasteiger partial charge in [0.15, 0.2) is 17.2 Å². The van der Waals surface area contributed by atoms with E-state index in [1.165, 1.54) is 12.4 Å². The molecule has 2 aromatic rings. The van der Waals surface area contributed by atoms with Gasteiger partial charge in [-0.3, -0.25) is 0 Å². The zero-order valence-electron chi connectivity index (χ0n) is 13.9. The molecule has 2 N–H and O–H groups in total. The smallest absolute Gasteiger partial charge is 0.356 e. The fourth-order valence-electron chi connectivity index (χ4n) is 2.29. The first-order valence-electron chi connectivity index (χ1n) is 7.53. The highest BCUT2D eigenvalue weighted by atomic mass is 16.5. The van der Waals surface area contributed by atoms with Crippen molar-refractivity contribution in [2.24, 2.45) is 5.92 Å². The maximum atomic E-state index is 10.7. The number of methoxy groups -OCH3 is 2. The predicted octanol–water partition coefficient (Wildman–Crippen LogP) is 2.48. The normalized spacial score (nSPS) is 11.6. The van der Waals surface area contributed by atoms with E-state index in [1.54, 1.807) is 14.2 Å². The van der Waals surface area contributed by atoms with Crippen LogP contribution in [0.5, 0.6) is 11.5 Å². The molecule has 7 nitrogen and oxygen atoms in total. The third kappa shape index (κ3) is 4.58. The molecule has 0 fully saturated rings. The largest absolute Gasteiger partial charge is 0.493 e. The first-order chi connectivity index (χ1) is 11.5. The summed E-state index contributed by atoms with van der Waals surface area (Å²) in [6.45, 7) is 2.80. The fourth-order valence-corrected chi connectivity index (χ4v) is 2.29. The minimum absolute atomic E-state index is 0.0704. The summed E-state index contributed by atoms with van der Waals surface area (Å²) < 4.78 is 10.5. The van der Waals surface area contributed by atoms with E-state index >= 15 is 0 Å². The lowest BCUT2D eigenvalue weighted by Gasteiger charge is -2.14. The molecule has 0 spiro atoms. The van der Waals surface area contributed by atoms with Crippen LogP contribution in [0.25, 0.3) is 0 Å². The van der Waals surface area contributed by atoms with Crippen molar-refractivity contribution in [3.05, 3.63) is 41.9 Å². The van der Waals surface area contributed by atoms with Gasteiger partial charge in [0, 0.05) is 6.54 Å². The lowest BCUT2D eigenvalue weighted by atomic mass is 10.0. The highest BCUT2D eigenvalue weighted by Crippen LogP contribution is 2.28. The molecule has 0 aliphatic carbocycles. The van der Waals surface area contributed by atoms with Gasteiger partial charge in [-0.25, -0.2) is 14.8 Å². The monoisotopic (exact) mass is 331 g/mol. The Balaban J connectivity index is 1.91. The number of carbonyl (C=O) groups is 1. The molecule has 2 rings (SSSR count). The topological polar surface area (TPSA) is 93.6 Å². The van der Waals surface area contributed by atoms with E-state index in [0.29, 0.717) is 29.8 Å². The Morgan fingerprint density at radius 3 is 2.54 bits per heavy atom. The number of aromatic carboxylic acids is 1. The molecule has 0 saturated heterocycles. The Bertz CT molecular complexity index is 689. The average molecular weight is 331 g/mol. The van der Waals surface area contributed by atoms with Crippen LogP contribution in [-0.4, -0.2) is 41.8 Å². The first kappa shape index (κ1) is 17.5. The Labute approximate surface area is 140 Å². The van der Waals surface area contributed by atoms with Gasteiger partial charge in [0.1, 0.15) is 5.82 Å². The van der Waals surface area contributed by atoms with E-state index in [1.807, 2.05) is 18.2 Å². The molecule has 1 unspecified atom stereocenters. The molecule has 1 aromatic heterocycles. The molecule has 1 aromatic carbocycles. The molecule has 1 atom stereocenters. The van der Waals surface area contributed by atoms with Crippen LogP contribution in [-0.2, 0) is 6.42 Å². The second-order valence-electron chi connectivity index (χ2n) is 5.47. The number of rotatable bonds is 8. The summed E-state index contributed by atoms with van der Waals surface area (Å²) in [4.78, 5) is 18.6. The standard InChI is InChI=1S/C17H21N3O4/c1-11(6-12-4-5-14(23-2)15(7-12)24-3)8-19-16-10-18-13(9-20-16)17(21)22/h4-5,7,9-11H,6,8H2,1-3H3,(H,19,20)(H,21,22). The average Bonchev–Trinajstić information content (AvgIpc) is 2.60. The number of anilines is 1. The molecular weight excluding hydrogens is 310 g/mol. The van der Waals surface area contributed by atoms with Gasteiger partial charge in [-0.1, -0.05) is 13.0 Å².